The van der Waals surface area contributed by atoms with E-state index in [1.165, 1.54) is 25.3 Å². The van der Waals surface area contributed by atoms with Crippen LogP contribution in [0.4, 0.5) is 0 Å². The van der Waals surface area contributed by atoms with E-state index in [4.69, 9.17) is 0 Å². The summed E-state index contributed by atoms with van der Waals surface area (Å²) >= 11 is 0. The van der Waals surface area contributed by atoms with E-state index in [0.29, 0.717) is 5.57 Å². The Labute approximate surface area is 118 Å². The zero-order chi connectivity index (χ0) is 15.1. The molecule has 0 aliphatic carbocycles. The van der Waals surface area contributed by atoms with E-state index in [9.17, 15) is 16.8 Å². The molecular formula is C12H14N2O4S2. The Balaban J connectivity index is 2.57. The van der Waals surface area contributed by atoms with Crippen LogP contribution < -0.4 is 0 Å². The number of benzene rings is 1. The Morgan fingerprint density at radius 1 is 1.05 bits per heavy atom. The van der Waals surface area contributed by atoms with Crippen LogP contribution >= 0.6 is 0 Å². The quantitative estimate of drug-likeness (QED) is 0.830. The monoisotopic (exact) mass is 314 g/mol. The molecule has 0 spiro atoms. The van der Waals surface area contributed by atoms with E-state index in [1.54, 1.807) is 19.1 Å². The molecule has 1 aliphatic heterocycles. The molecule has 0 amide bonds. The van der Waals surface area contributed by atoms with Crippen molar-refractivity contribution < 1.29 is 16.8 Å². The molecule has 0 unspecified atom stereocenters. The molecule has 0 saturated heterocycles. The van der Waals surface area contributed by atoms with E-state index >= 15 is 0 Å². The summed E-state index contributed by atoms with van der Waals surface area (Å²) in [6, 6.07) is 5.91. The maximum atomic E-state index is 12.4. The van der Waals surface area contributed by atoms with Crippen molar-refractivity contribution in [3.8, 4) is 0 Å². The number of rotatable bonds is 2. The average Bonchev–Trinajstić information content (AvgIpc) is 2.36. The Morgan fingerprint density at radius 2 is 1.60 bits per heavy atom. The molecule has 1 aromatic rings. The lowest BCUT2D eigenvalue weighted by atomic mass is 10.2. The Morgan fingerprint density at radius 3 is 2.15 bits per heavy atom. The van der Waals surface area contributed by atoms with Crippen molar-refractivity contribution in [2.75, 3.05) is 0 Å². The second-order valence-electron chi connectivity index (χ2n) is 4.48. The minimum Gasteiger partial charge on any atom is -0.199 e. The predicted octanol–water partition coefficient (Wildman–Crippen LogP) is 1.61. The van der Waals surface area contributed by atoms with E-state index in [-0.39, 0.29) is 13.6 Å². The number of hydrogen-bond acceptors (Lipinski definition) is 5. The van der Waals surface area contributed by atoms with E-state index in [1.807, 2.05) is 6.92 Å². The topological polar surface area (TPSA) is 83.9 Å². The van der Waals surface area contributed by atoms with Crippen LogP contribution in [0.1, 0.15) is 19.4 Å². The van der Waals surface area contributed by atoms with Gasteiger partial charge in [0.15, 0.2) is 0 Å². The second kappa shape index (κ2) is 4.71. The first kappa shape index (κ1) is 14.7. The van der Waals surface area contributed by atoms with Gasteiger partial charge < -0.3 is 0 Å². The second-order valence-corrected chi connectivity index (χ2v) is 8.39. The van der Waals surface area contributed by atoms with Crippen molar-refractivity contribution in [2.45, 2.75) is 25.7 Å². The van der Waals surface area contributed by atoms with Gasteiger partial charge in [-0.05, 0) is 38.5 Å². The van der Waals surface area contributed by atoms with Crippen molar-refractivity contribution >= 4 is 26.3 Å². The Hall–Kier alpha value is -1.67. The molecule has 2 rings (SSSR count). The number of aryl methyl sites for hydroxylation is 1. The highest BCUT2D eigenvalue weighted by molar-refractivity contribution is 8.06. The molecule has 1 aliphatic rings. The first-order chi connectivity index (χ1) is 9.17. The minimum atomic E-state index is -4.23. The third kappa shape index (κ3) is 2.25. The number of hydrazone groups is 1. The van der Waals surface area contributed by atoms with Crippen LogP contribution in [0, 0.1) is 6.92 Å². The fourth-order valence-corrected chi connectivity index (χ4v) is 4.92. The molecular weight excluding hydrogens is 300 g/mol. The third-order valence-electron chi connectivity index (χ3n) is 3.02. The fraction of sp³-hybridized carbons (Fsp3) is 0.250. The standard InChI is InChI=1S/C12H14N2O4S2/c1-9-4-6-12(7-5-9)20(17,18)14-13-8-10(2)11(3)19(14,15)16/h4-8H,1-3H3. The third-order valence-corrected chi connectivity index (χ3v) is 7.17. The number of sulfonamides is 2. The van der Waals surface area contributed by atoms with Crippen LogP contribution in [-0.4, -0.2) is 26.9 Å². The fourth-order valence-electron chi connectivity index (χ4n) is 1.60. The largest absolute Gasteiger partial charge is 0.293 e. The highest BCUT2D eigenvalue weighted by Gasteiger charge is 2.37. The minimum absolute atomic E-state index is 0.0248. The summed E-state index contributed by atoms with van der Waals surface area (Å²) in [5.74, 6) is 0. The van der Waals surface area contributed by atoms with Gasteiger partial charge in [0, 0.05) is 0 Å². The van der Waals surface area contributed by atoms with E-state index in [0.717, 1.165) is 5.56 Å². The van der Waals surface area contributed by atoms with Gasteiger partial charge in [0.2, 0.25) is 0 Å². The summed E-state index contributed by atoms with van der Waals surface area (Å²) in [7, 11) is -8.37. The van der Waals surface area contributed by atoms with Gasteiger partial charge in [-0.1, -0.05) is 21.5 Å². The van der Waals surface area contributed by atoms with Crippen LogP contribution in [0.3, 0.4) is 0 Å². The van der Waals surface area contributed by atoms with Crippen molar-refractivity contribution in [3.63, 3.8) is 0 Å². The van der Waals surface area contributed by atoms with Crippen LogP contribution in [-0.2, 0) is 20.0 Å². The molecule has 0 saturated carbocycles. The van der Waals surface area contributed by atoms with Crippen molar-refractivity contribution in [3.05, 3.63) is 40.3 Å². The molecule has 0 N–H and O–H groups in total. The molecule has 8 heteroatoms. The smallest absolute Gasteiger partial charge is 0.199 e. The van der Waals surface area contributed by atoms with Crippen molar-refractivity contribution in [1.82, 2.24) is 3.82 Å². The summed E-state index contributed by atoms with van der Waals surface area (Å²) in [6.07, 6.45) is 1.22. The van der Waals surface area contributed by atoms with Gasteiger partial charge in [0.25, 0.3) is 20.0 Å². The highest BCUT2D eigenvalue weighted by Crippen LogP contribution is 2.27. The molecule has 6 nitrogen and oxygen atoms in total. The van der Waals surface area contributed by atoms with Gasteiger partial charge in [0.1, 0.15) is 0 Å². The molecule has 0 fully saturated rings. The van der Waals surface area contributed by atoms with Crippen LogP contribution in [0.2, 0.25) is 0 Å². The summed E-state index contributed by atoms with van der Waals surface area (Å²) in [6.45, 7) is 4.72. The highest BCUT2D eigenvalue weighted by atomic mass is 32.3. The van der Waals surface area contributed by atoms with Crippen LogP contribution in [0.5, 0.6) is 0 Å². The summed E-state index contributed by atoms with van der Waals surface area (Å²) < 4.78 is 49.3. The zero-order valence-corrected chi connectivity index (χ0v) is 12.9. The number of nitrogens with zero attached hydrogens (tertiary/aromatic N) is 2. The summed E-state index contributed by atoms with van der Waals surface area (Å²) in [4.78, 5) is -0.139. The first-order valence-corrected chi connectivity index (χ1v) is 8.64. The first-order valence-electron chi connectivity index (χ1n) is 5.76. The lowest BCUT2D eigenvalue weighted by Crippen LogP contribution is -2.35. The van der Waals surface area contributed by atoms with Crippen molar-refractivity contribution in [1.29, 1.82) is 0 Å². The van der Waals surface area contributed by atoms with Gasteiger partial charge in [-0.25, -0.2) is 0 Å². The molecule has 108 valence electrons. The zero-order valence-electron chi connectivity index (χ0n) is 11.2. The summed E-state index contributed by atoms with van der Waals surface area (Å²) in [5.41, 5.74) is 1.29. The lowest BCUT2D eigenvalue weighted by Gasteiger charge is -2.22. The molecule has 0 radical (unpaired) electrons. The molecule has 20 heavy (non-hydrogen) atoms. The molecule has 0 aromatic heterocycles. The van der Waals surface area contributed by atoms with Gasteiger partial charge in [-0.15, -0.1) is 0 Å². The van der Waals surface area contributed by atoms with E-state index in [2.05, 4.69) is 5.10 Å². The van der Waals surface area contributed by atoms with Crippen LogP contribution in [0.15, 0.2) is 44.7 Å². The maximum Gasteiger partial charge on any atom is 0.293 e. The summed E-state index contributed by atoms with van der Waals surface area (Å²) in [5, 5.41) is 3.56. The van der Waals surface area contributed by atoms with Gasteiger partial charge >= 0.3 is 0 Å². The Bertz CT molecular complexity index is 804. The lowest BCUT2D eigenvalue weighted by molar-refractivity contribution is 0.511. The maximum absolute atomic E-state index is 12.4. The van der Waals surface area contributed by atoms with Gasteiger partial charge in [0.05, 0.1) is 16.0 Å². The average molecular weight is 314 g/mol. The molecule has 0 atom stereocenters. The molecule has 1 aromatic carbocycles. The predicted molar refractivity (Wildman–Crippen MR) is 76.0 cm³/mol. The molecule has 1 heterocycles. The van der Waals surface area contributed by atoms with Gasteiger partial charge in [-0.3, -0.25) is 0 Å². The molecule has 0 bridgehead atoms. The number of hydrogen-bond donors (Lipinski definition) is 0. The SMILES string of the molecule is CC1=C(C)S(=O)(=O)N(S(=O)(=O)c2ccc(C)cc2)N=C1. The van der Waals surface area contributed by atoms with Gasteiger partial charge in [-0.2, -0.15) is 21.9 Å². The normalized spacial score (nSPS) is 18.4. The van der Waals surface area contributed by atoms with Crippen LogP contribution in [0.25, 0.3) is 0 Å². The number of allylic oxidation sites excluding steroid dienone is 2. The van der Waals surface area contributed by atoms with E-state index < -0.39 is 20.0 Å². The van der Waals surface area contributed by atoms with Crippen molar-refractivity contribution in [2.24, 2.45) is 5.10 Å². The Kier molecular flexibility index (Phi) is 3.47.